The summed E-state index contributed by atoms with van der Waals surface area (Å²) < 4.78 is 7.38. The Kier molecular flexibility index (Phi) is 5.20. The summed E-state index contributed by atoms with van der Waals surface area (Å²) in [6.45, 7) is 6.10. The standard InChI is InChI=1S/C23H23N3O2S/c1-14-5-7-17(8-6-14)26-15(2)11-19(16(26)3)22(27)13-29-23-24-20-10-9-18(28-4)12-21(20)25-23/h5-12H,13H2,1-4H3,(H,24,25). The zero-order valence-corrected chi connectivity index (χ0v) is 17.8. The highest BCUT2D eigenvalue weighted by Gasteiger charge is 2.17. The van der Waals surface area contributed by atoms with Crippen LogP contribution < -0.4 is 4.74 Å². The largest absolute Gasteiger partial charge is 0.497 e. The summed E-state index contributed by atoms with van der Waals surface area (Å²) in [5.74, 6) is 1.20. The van der Waals surface area contributed by atoms with Crippen LogP contribution in [0.2, 0.25) is 0 Å². The third-order valence-electron chi connectivity index (χ3n) is 5.03. The first-order chi connectivity index (χ1) is 14.0. The molecule has 0 unspecified atom stereocenters. The molecular weight excluding hydrogens is 382 g/mol. The van der Waals surface area contributed by atoms with Gasteiger partial charge in [0.2, 0.25) is 0 Å². The number of aromatic amines is 1. The average molecular weight is 406 g/mol. The highest BCUT2D eigenvalue weighted by Crippen LogP contribution is 2.26. The van der Waals surface area contributed by atoms with Crippen LogP contribution in [0, 0.1) is 20.8 Å². The van der Waals surface area contributed by atoms with E-state index in [1.54, 1.807) is 7.11 Å². The maximum absolute atomic E-state index is 12.9. The Hall–Kier alpha value is -2.99. The number of ketones is 1. The highest BCUT2D eigenvalue weighted by molar-refractivity contribution is 7.99. The van der Waals surface area contributed by atoms with E-state index in [4.69, 9.17) is 4.74 Å². The molecule has 0 saturated heterocycles. The van der Waals surface area contributed by atoms with Gasteiger partial charge in [0.05, 0.1) is 23.9 Å². The van der Waals surface area contributed by atoms with Gasteiger partial charge in [0.25, 0.3) is 0 Å². The number of hydrogen-bond donors (Lipinski definition) is 1. The first kappa shape index (κ1) is 19.3. The summed E-state index contributed by atoms with van der Waals surface area (Å²) in [6.07, 6.45) is 0. The molecule has 148 valence electrons. The summed E-state index contributed by atoms with van der Waals surface area (Å²) in [4.78, 5) is 20.7. The summed E-state index contributed by atoms with van der Waals surface area (Å²) >= 11 is 1.42. The number of nitrogens with zero attached hydrogens (tertiary/aromatic N) is 2. The lowest BCUT2D eigenvalue weighted by Crippen LogP contribution is -2.05. The van der Waals surface area contributed by atoms with Crippen molar-refractivity contribution in [2.75, 3.05) is 12.9 Å². The Labute approximate surface area is 174 Å². The van der Waals surface area contributed by atoms with Gasteiger partial charge in [-0.05, 0) is 51.1 Å². The van der Waals surface area contributed by atoms with Gasteiger partial charge in [0.15, 0.2) is 10.9 Å². The van der Waals surface area contributed by atoms with Gasteiger partial charge in [-0.3, -0.25) is 4.79 Å². The molecule has 0 amide bonds. The average Bonchev–Trinajstić information content (AvgIpc) is 3.26. The molecule has 0 atom stereocenters. The predicted molar refractivity (Wildman–Crippen MR) is 118 cm³/mol. The number of H-pyrrole nitrogens is 1. The van der Waals surface area contributed by atoms with Gasteiger partial charge in [-0.1, -0.05) is 29.5 Å². The van der Waals surface area contributed by atoms with Crippen LogP contribution in [0.25, 0.3) is 16.7 Å². The van der Waals surface area contributed by atoms with E-state index in [0.717, 1.165) is 44.6 Å². The second-order valence-electron chi connectivity index (χ2n) is 7.09. The number of carbonyl (C=O) groups is 1. The van der Waals surface area contributed by atoms with Crippen molar-refractivity contribution in [2.45, 2.75) is 25.9 Å². The van der Waals surface area contributed by atoms with Crippen molar-refractivity contribution in [1.82, 2.24) is 14.5 Å². The van der Waals surface area contributed by atoms with Crippen molar-refractivity contribution in [2.24, 2.45) is 0 Å². The van der Waals surface area contributed by atoms with E-state index in [9.17, 15) is 4.79 Å². The summed E-state index contributed by atoms with van der Waals surface area (Å²) in [7, 11) is 1.64. The highest BCUT2D eigenvalue weighted by atomic mass is 32.2. The number of benzene rings is 2. The lowest BCUT2D eigenvalue weighted by atomic mass is 10.2. The monoisotopic (exact) mass is 405 g/mol. The fourth-order valence-corrected chi connectivity index (χ4v) is 4.28. The molecule has 0 spiro atoms. The summed E-state index contributed by atoms with van der Waals surface area (Å²) in [5, 5.41) is 0.731. The lowest BCUT2D eigenvalue weighted by Gasteiger charge is -2.10. The zero-order valence-electron chi connectivity index (χ0n) is 16.9. The van der Waals surface area contributed by atoms with Gasteiger partial charge in [-0.2, -0.15) is 0 Å². The molecule has 2 aromatic carbocycles. The fourth-order valence-electron chi connectivity index (χ4n) is 3.51. The summed E-state index contributed by atoms with van der Waals surface area (Å²) in [6, 6.07) is 16.0. The van der Waals surface area contributed by atoms with E-state index >= 15 is 0 Å². The van der Waals surface area contributed by atoms with Crippen LogP contribution in [0.5, 0.6) is 5.75 Å². The Morgan fingerprint density at radius 1 is 1.10 bits per heavy atom. The van der Waals surface area contributed by atoms with E-state index < -0.39 is 0 Å². The van der Waals surface area contributed by atoms with Gasteiger partial charge in [-0.25, -0.2) is 4.98 Å². The number of Topliss-reactive ketones (excluding diaryl/α,β-unsaturated/α-hetero) is 1. The van der Waals surface area contributed by atoms with Crippen LogP contribution in [0.1, 0.15) is 27.3 Å². The minimum absolute atomic E-state index is 0.0968. The molecule has 5 nitrogen and oxygen atoms in total. The van der Waals surface area contributed by atoms with Gasteiger partial charge < -0.3 is 14.3 Å². The third kappa shape index (κ3) is 3.80. The number of carbonyl (C=O) groups excluding carboxylic acids is 1. The van der Waals surface area contributed by atoms with Crippen molar-refractivity contribution < 1.29 is 9.53 Å². The molecule has 6 heteroatoms. The second-order valence-corrected chi connectivity index (χ2v) is 8.06. The zero-order chi connectivity index (χ0) is 20.5. The van der Waals surface area contributed by atoms with E-state index in [0.29, 0.717) is 5.75 Å². The molecule has 4 rings (SSSR count). The first-order valence-electron chi connectivity index (χ1n) is 9.42. The molecule has 0 aliphatic carbocycles. The first-order valence-corrected chi connectivity index (χ1v) is 10.4. The number of ether oxygens (including phenoxy) is 1. The molecule has 0 fully saturated rings. The van der Waals surface area contributed by atoms with Crippen molar-refractivity contribution >= 4 is 28.6 Å². The van der Waals surface area contributed by atoms with Crippen molar-refractivity contribution in [3.8, 4) is 11.4 Å². The van der Waals surface area contributed by atoms with Gasteiger partial charge in [0.1, 0.15) is 5.75 Å². The minimum Gasteiger partial charge on any atom is -0.497 e. The number of fused-ring (bicyclic) bond motifs is 1. The second kappa shape index (κ2) is 7.79. The fraction of sp³-hybridized carbons (Fsp3) is 0.217. The molecule has 29 heavy (non-hydrogen) atoms. The van der Waals surface area contributed by atoms with Crippen molar-refractivity contribution in [3.05, 3.63) is 71.0 Å². The van der Waals surface area contributed by atoms with Crippen LogP contribution in [-0.2, 0) is 0 Å². The van der Waals surface area contributed by atoms with E-state index in [-0.39, 0.29) is 5.78 Å². The van der Waals surface area contributed by atoms with Gasteiger partial charge in [0, 0.05) is 28.7 Å². The lowest BCUT2D eigenvalue weighted by molar-refractivity contribution is 0.102. The Morgan fingerprint density at radius 3 is 2.59 bits per heavy atom. The van der Waals surface area contributed by atoms with Crippen LogP contribution in [0.15, 0.2) is 53.7 Å². The molecule has 0 aliphatic heterocycles. The van der Waals surface area contributed by atoms with E-state index in [1.807, 2.05) is 38.1 Å². The Balaban J connectivity index is 1.53. The van der Waals surface area contributed by atoms with Crippen LogP contribution in [-0.4, -0.2) is 33.2 Å². The van der Waals surface area contributed by atoms with Crippen LogP contribution >= 0.6 is 11.8 Å². The maximum atomic E-state index is 12.9. The molecule has 2 aromatic heterocycles. The Bertz CT molecular complexity index is 1190. The number of thioether (sulfide) groups is 1. The van der Waals surface area contributed by atoms with Crippen molar-refractivity contribution in [3.63, 3.8) is 0 Å². The summed E-state index contributed by atoms with van der Waals surface area (Å²) in [5.41, 5.74) is 6.82. The van der Waals surface area contributed by atoms with E-state index in [2.05, 4.69) is 45.7 Å². The normalized spacial score (nSPS) is 11.2. The SMILES string of the molecule is COc1ccc2nc(SCC(=O)c3cc(C)n(-c4ccc(C)cc4)c3C)[nH]c2c1. The number of hydrogen-bond acceptors (Lipinski definition) is 4. The van der Waals surface area contributed by atoms with Gasteiger partial charge in [-0.15, -0.1) is 0 Å². The molecule has 0 saturated carbocycles. The van der Waals surface area contributed by atoms with Crippen LogP contribution in [0.3, 0.4) is 0 Å². The van der Waals surface area contributed by atoms with Crippen molar-refractivity contribution in [1.29, 1.82) is 0 Å². The maximum Gasteiger partial charge on any atom is 0.175 e. The Morgan fingerprint density at radius 2 is 1.86 bits per heavy atom. The smallest absolute Gasteiger partial charge is 0.175 e. The number of rotatable bonds is 6. The molecule has 2 heterocycles. The number of nitrogens with one attached hydrogen (secondary N) is 1. The number of aromatic nitrogens is 3. The molecular formula is C23H23N3O2S. The molecule has 1 N–H and O–H groups in total. The predicted octanol–water partition coefficient (Wildman–Crippen LogP) is 5.26. The van der Waals surface area contributed by atoms with Gasteiger partial charge >= 0.3 is 0 Å². The topological polar surface area (TPSA) is 59.9 Å². The van der Waals surface area contributed by atoms with E-state index in [1.165, 1.54) is 17.3 Å². The molecule has 0 radical (unpaired) electrons. The minimum atomic E-state index is 0.0968. The third-order valence-corrected chi connectivity index (χ3v) is 5.90. The number of methoxy groups -OCH3 is 1. The van der Waals surface area contributed by atoms with Crippen LogP contribution in [0.4, 0.5) is 0 Å². The molecule has 4 aromatic rings. The number of aryl methyl sites for hydroxylation is 2. The quantitative estimate of drug-likeness (QED) is 0.351. The molecule has 0 aliphatic rings. The number of imidazole rings is 1. The molecule has 0 bridgehead atoms.